The molecule has 0 unspecified atom stereocenters. The summed E-state index contributed by atoms with van der Waals surface area (Å²) in [5, 5.41) is 6.50. The van der Waals surface area contributed by atoms with E-state index in [-0.39, 0.29) is 0 Å². The molecule has 0 aliphatic rings. The van der Waals surface area contributed by atoms with Crippen molar-refractivity contribution in [2.45, 2.75) is 0 Å². The molecule has 0 saturated carbocycles. The van der Waals surface area contributed by atoms with Crippen LogP contribution in [-0.2, 0) is 0 Å². The van der Waals surface area contributed by atoms with E-state index in [0.717, 1.165) is 49.2 Å². The monoisotopic (exact) mass is 473 g/mol. The second-order valence-electron chi connectivity index (χ2n) is 9.17. The lowest BCUT2D eigenvalue weighted by molar-refractivity contribution is 1.01. The molecule has 5 nitrogen and oxygen atoms in total. The highest BCUT2D eigenvalue weighted by atomic mass is 15.2. The topological polar surface area (TPSA) is 56.5 Å². The maximum absolute atomic E-state index is 5.19. The highest BCUT2D eigenvalue weighted by molar-refractivity contribution is 6.23. The summed E-state index contributed by atoms with van der Waals surface area (Å²) in [5.41, 5.74) is 4.77. The minimum atomic E-state index is 0.626. The molecule has 0 amide bonds. The lowest BCUT2D eigenvalue weighted by Crippen LogP contribution is -2.02. The van der Waals surface area contributed by atoms with E-state index >= 15 is 0 Å². The van der Waals surface area contributed by atoms with Crippen molar-refractivity contribution in [2.24, 2.45) is 0 Å². The first-order chi connectivity index (χ1) is 18.4. The molecule has 5 aromatic carbocycles. The lowest BCUT2D eigenvalue weighted by atomic mass is 10.0. The summed E-state index contributed by atoms with van der Waals surface area (Å²) in [6, 6.07) is 35.2. The van der Waals surface area contributed by atoms with E-state index in [1.807, 2.05) is 54.9 Å². The molecule has 3 aromatic heterocycles. The van der Waals surface area contributed by atoms with E-state index in [9.17, 15) is 0 Å². The Bertz CT molecular complexity index is 2090. The molecule has 0 fully saturated rings. The fourth-order valence-electron chi connectivity index (χ4n) is 5.43. The van der Waals surface area contributed by atoms with Crippen LogP contribution in [0.2, 0.25) is 0 Å². The van der Waals surface area contributed by atoms with Crippen molar-refractivity contribution in [3.05, 3.63) is 116 Å². The first-order valence-corrected chi connectivity index (χ1v) is 12.2. The van der Waals surface area contributed by atoms with Gasteiger partial charge in [0.15, 0.2) is 5.82 Å². The zero-order valence-corrected chi connectivity index (χ0v) is 19.7. The van der Waals surface area contributed by atoms with Gasteiger partial charge >= 0.3 is 0 Å². The zero-order valence-electron chi connectivity index (χ0n) is 19.7. The van der Waals surface area contributed by atoms with Crippen LogP contribution < -0.4 is 0 Å². The second kappa shape index (κ2) is 7.67. The van der Waals surface area contributed by atoms with Gasteiger partial charge in [0.1, 0.15) is 11.0 Å². The predicted octanol–water partition coefficient (Wildman–Crippen LogP) is 7.49. The van der Waals surface area contributed by atoms with Crippen molar-refractivity contribution in [1.29, 1.82) is 0 Å². The molecule has 172 valence electrons. The Labute approximate surface area is 211 Å². The SMILES string of the molecule is c1ccc(-c2ncc3c4ccccc4c4cnc(-n5c6ccccc6c6ccccc65)nc4c3n2)cc1. The average Bonchev–Trinajstić information content (AvgIpc) is 3.32. The van der Waals surface area contributed by atoms with E-state index < -0.39 is 0 Å². The smallest absolute Gasteiger partial charge is 0.235 e. The molecular weight excluding hydrogens is 454 g/mol. The molecule has 8 rings (SSSR count). The average molecular weight is 474 g/mol. The van der Waals surface area contributed by atoms with Gasteiger partial charge in [-0.2, -0.15) is 0 Å². The Morgan fingerprint density at radius 3 is 1.59 bits per heavy atom. The number of nitrogens with zero attached hydrogens (tertiary/aromatic N) is 5. The van der Waals surface area contributed by atoms with Crippen molar-refractivity contribution >= 4 is 54.4 Å². The molecular formula is C32H19N5. The summed E-state index contributed by atoms with van der Waals surface area (Å²) >= 11 is 0. The molecule has 0 atom stereocenters. The van der Waals surface area contributed by atoms with Crippen LogP contribution in [0.15, 0.2) is 116 Å². The number of fused-ring (bicyclic) bond motifs is 9. The normalized spacial score (nSPS) is 11.8. The number of hydrogen-bond acceptors (Lipinski definition) is 4. The second-order valence-corrected chi connectivity index (χ2v) is 9.17. The maximum atomic E-state index is 5.19. The largest absolute Gasteiger partial charge is 0.278 e. The van der Waals surface area contributed by atoms with Crippen LogP contribution in [0.1, 0.15) is 0 Å². The van der Waals surface area contributed by atoms with Crippen LogP contribution in [0.3, 0.4) is 0 Å². The maximum Gasteiger partial charge on any atom is 0.235 e. The standard InChI is InChI=1S/C32H19N5/c1-2-10-20(11-3-1)31-33-18-25-21-12-4-5-13-22(21)26-19-34-32(36-30(26)29(25)35-31)37-27-16-8-6-14-23(27)24-15-7-9-17-28(24)37/h1-19H. The van der Waals surface area contributed by atoms with Crippen LogP contribution in [0.4, 0.5) is 0 Å². The van der Waals surface area contributed by atoms with Gasteiger partial charge in [-0.1, -0.05) is 91.0 Å². The fourth-order valence-corrected chi connectivity index (χ4v) is 5.43. The van der Waals surface area contributed by atoms with Gasteiger partial charge in [0.2, 0.25) is 5.95 Å². The van der Waals surface area contributed by atoms with Gasteiger partial charge in [-0.3, -0.25) is 4.57 Å². The van der Waals surface area contributed by atoms with Gasteiger partial charge in [-0.15, -0.1) is 0 Å². The van der Waals surface area contributed by atoms with Crippen LogP contribution >= 0.6 is 0 Å². The van der Waals surface area contributed by atoms with Crippen LogP contribution in [0.5, 0.6) is 0 Å². The Hall–Kier alpha value is -5.16. The lowest BCUT2D eigenvalue weighted by Gasteiger charge is -2.12. The molecule has 0 aliphatic heterocycles. The summed E-state index contributed by atoms with van der Waals surface area (Å²) in [6.45, 7) is 0. The van der Waals surface area contributed by atoms with Crippen LogP contribution in [-0.4, -0.2) is 24.5 Å². The Kier molecular flexibility index (Phi) is 4.16. The van der Waals surface area contributed by atoms with Crippen molar-refractivity contribution < 1.29 is 0 Å². The molecule has 0 saturated heterocycles. The first-order valence-electron chi connectivity index (χ1n) is 12.2. The van der Waals surface area contributed by atoms with Crippen molar-refractivity contribution in [2.75, 3.05) is 0 Å². The summed E-state index contributed by atoms with van der Waals surface area (Å²) in [7, 11) is 0. The quantitative estimate of drug-likeness (QED) is 0.244. The summed E-state index contributed by atoms with van der Waals surface area (Å²) in [6.07, 6.45) is 3.86. The number of hydrogen-bond donors (Lipinski definition) is 0. The molecule has 0 spiro atoms. The van der Waals surface area contributed by atoms with Crippen molar-refractivity contribution in [1.82, 2.24) is 24.5 Å². The summed E-state index contributed by atoms with van der Waals surface area (Å²) < 4.78 is 2.14. The number of para-hydroxylation sites is 2. The number of benzene rings is 5. The predicted molar refractivity (Wildman–Crippen MR) is 150 cm³/mol. The third kappa shape index (κ3) is 2.91. The minimum Gasteiger partial charge on any atom is -0.278 e. The minimum absolute atomic E-state index is 0.626. The van der Waals surface area contributed by atoms with Gasteiger partial charge in [0, 0.05) is 39.5 Å². The van der Waals surface area contributed by atoms with E-state index in [1.165, 1.54) is 10.8 Å². The number of aromatic nitrogens is 5. The third-order valence-electron chi connectivity index (χ3n) is 7.11. The first kappa shape index (κ1) is 20.1. The summed E-state index contributed by atoms with van der Waals surface area (Å²) in [5.74, 6) is 1.31. The third-order valence-corrected chi connectivity index (χ3v) is 7.11. The summed E-state index contributed by atoms with van der Waals surface area (Å²) in [4.78, 5) is 19.9. The molecule has 8 aromatic rings. The fraction of sp³-hybridized carbons (Fsp3) is 0. The molecule has 3 heterocycles. The van der Waals surface area contributed by atoms with Crippen molar-refractivity contribution in [3.63, 3.8) is 0 Å². The van der Waals surface area contributed by atoms with Crippen molar-refractivity contribution in [3.8, 4) is 17.3 Å². The van der Waals surface area contributed by atoms with Gasteiger partial charge < -0.3 is 0 Å². The van der Waals surface area contributed by atoms with Gasteiger partial charge in [0.05, 0.1) is 11.0 Å². The highest BCUT2D eigenvalue weighted by Gasteiger charge is 2.17. The van der Waals surface area contributed by atoms with E-state index in [0.29, 0.717) is 11.8 Å². The Morgan fingerprint density at radius 2 is 0.946 bits per heavy atom. The van der Waals surface area contributed by atoms with Gasteiger partial charge in [0.25, 0.3) is 0 Å². The van der Waals surface area contributed by atoms with Crippen LogP contribution in [0.25, 0.3) is 71.7 Å². The van der Waals surface area contributed by atoms with Crippen LogP contribution in [0, 0.1) is 0 Å². The van der Waals surface area contributed by atoms with Gasteiger partial charge in [-0.05, 0) is 22.9 Å². The number of rotatable bonds is 2. The van der Waals surface area contributed by atoms with Gasteiger partial charge in [-0.25, -0.2) is 19.9 Å². The highest BCUT2D eigenvalue weighted by Crippen LogP contribution is 2.35. The Balaban J connectivity index is 1.51. The Morgan fingerprint density at radius 1 is 0.432 bits per heavy atom. The molecule has 0 bridgehead atoms. The molecule has 0 aliphatic carbocycles. The molecule has 5 heteroatoms. The van der Waals surface area contributed by atoms with E-state index in [4.69, 9.17) is 19.9 Å². The van der Waals surface area contributed by atoms with E-state index in [2.05, 4.69) is 65.2 Å². The zero-order chi connectivity index (χ0) is 24.3. The molecule has 0 N–H and O–H groups in total. The molecule has 0 radical (unpaired) electrons. The van der Waals surface area contributed by atoms with E-state index in [1.54, 1.807) is 0 Å². The molecule has 37 heavy (non-hydrogen) atoms.